The molecule has 0 aliphatic heterocycles. The predicted octanol–water partition coefficient (Wildman–Crippen LogP) is 4.10. The highest BCUT2D eigenvalue weighted by Gasteiger charge is 2.35. The van der Waals surface area contributed by atoms with Crippen LogP contribution in [-0.2, 0) is 6.18 Å². The fourth-order valence-electron chi connectivity index (χ4n) is 0.933. The van der Waals surface area contributed by atoms with Gasteiger partial charge in [0.1, 0.15) is 11.6 Å². The van der Waals surface area contributed by atoms with Crippen molar-refractivity contribution in [2.45, 2.75) is 12.8 Å². The number of halogens is 7. The van der Waals surface area contributed by atoms with Gasteiger partial charge in [0.15, 0.2) is 0 Å². The van der Waals surface area contributed by atoms with Crippen LogP contribution in [0.3, 0.4) is 0 Å². The number of hydrogen-bond donors (Lipinski definition) is 0. The standard InChI is InChI=1S/C8H3ClF6O/c9-4-2-5(10)3(8(13,14)15)1-6(4)16-7(11)12/h1-2,7H. The van der Waals surface area contributed by atoms with Crippen molar-refractivity contribution in [2.75, 3.05) is 0 Å². The van der Waals surface area contributed by atoms with Crippen LogP contribution in [0.15, 0.2) is 12.1 Å². The molecule has 0 spiro atoms. The van der Waals surface area contributed by atoms with Gasteiger partial charge in [-0.3, -0.25) is 0 Å². The molecule has 1 aromatic carbocycles. The first-order valence-electron chi connectivity index (χ1n) is 3.73. The van der Waals surface area contributed by atoms with Crippen LogP contribution < -0.4 is 4.74 Å². The van der Waals surface area contributed by atoms with E-state index in [0.717, 1.165) is 0 Å². The smallest absolute Gasteiger partial charge is 0.419 e. The van der Waals surface area contributed by atoms with Crippen molar-refractivity contribution in [2.24, 2.45) is 0 Å². The second-order valence-corrected chi connectivity index (χ2v) is 3.05. The van der Waals surface area contributed by atoms with Crippen molar-refractivity contribution in [3.8, 4) is 5.75 Å². The molecule has 0 aromatic heterocycles. The summed E-state index contributed by atoms with van der Waals surface area (Å²) >= 11 is 5.23. The van der Waals surface area contributed by atoms with E-state index in [1.54, 1.807) is 0 Å². The Kier molecular flexibility index (Phi) is 3.57. The van der Waals surface area contributed by atoms with E-state index < -0.39 is 34.9 Å². The predicted molar refractivity (Wildman–Crippen MR) is 43.0 cm³/mol. The summed E-state index contributed by atoms with van der Waals surface area (Å²) in [7, 11) is 0. The highest BCUT2D eigenvalue weighted by molar-refractivity contribution is 6.32. The molecule has 0 aliphatic carbocycles. The minimum atomic E-state index is -5.01. The van der Waals surface area contributed by atoms with Gasteiger partial charge in [0.05, 0.1) is 10.6 Å². The fraction of sp³-hybridized carbons (Fsp3) is 0.250. The molecule has 1 nitrogen and oxygen atoms in total. The van der Waals surface area contributed by atoms with E-state index in [1.165, 1.54) is 0 Å². The summed E-state index contributed by atoms with van der Waals surface area (Å²) in [6.07, 6.45) is -5.01. The lowest BCUT2D eigenvalue weighted by Gasteiger charge is -2.12. The summed E-state index contributed by atoms with van der Waals surface area (Å²) in [5.74, 6) is -2.58. The second kappa shape index (κ2) is 4.40. The Bertz CT molecular complexity index is 389. The Morgan fingerprint density at radius 1 is 1.19 bits per heavy atom. The van der Waals surface area contributed by atoms with Crippen molar-refractivity contribution in [1.29, 1.82) is 0 Å². The van der Waals surface area contributed by atoms with Crippen LogP contribution in [0, 0.1) is 5.82 Å². The molecule has 0 bridgehead atoms. The Morgan fingerprint density at radius 3 is 2.19 bits per heavy atom. The van der Waals surface area contributed by atoms with Gasteiger partial charge in [-0.2, -0.15) is 22.0 Å². The molecule has 0 fully saturated rings. The monoisotopic (exact) mass is 264 g/mol. The van der Waals surface area contributed by atoms with Crippen LogP contribution >= 0.6 is 11.6 Å². The van der Waals surface area contributed by atoms with Crippen molar-refractivity contribution < 1.29 is 31.1 Å². The van der Waals surface area contributed by atoms with E-state index in [-0.39, 0.29) is 12.1 Å². The first-order valence-corrected chi connectivity index (χ1v) is 4.10. The number of benzene rings is 1. The lowest BCUT2D eigenvalue weighted by atomic mass is 10.2. The largest absolute Gasteiger partial charge is 0.433 e. The van der Waals surface area contributed by atoms with Crippen LogP contribution in [0.25, 0.3) is 0 Å². The number of alkyl halides is 5. The molecular formula is C8H3ClF6O. The van der Waals surface area contributed by atoms with Crippen LogP contribution in [0.2, 0.25) is 5.02 Å². The Balaban J connectivity index is 3.22. The van der Waals surface area contributed by atoms with Gasteiger partial charge < -0.3 is 4.74 Å². The van der Waals surface area contributed by atoms with Gasteiger partial charge in [0.25, 0.3) is 0 Å². The molecule has 0 saturated heterocycles. The summed E-state index contributed by atoms with van der Waals surface area (Å²) in [6.45, 7) is -3.34. The van der Waals surface area contributed by atoms with E-state index in [0.29, 0.717) is 0 Å². The highest BCUT2D eigenvalue weighted by atomic mass is 35.5. The average Bonchev–Trinajstić information content (AvgIpc) is 2.06. The van der Waals surface area contributed by atoms with E-state index in [1.807, 2.05) is 0 Å². The summed E-state index contributed by atoms with van der Waals surface area (Å²) in [4.78, 5) is 0. The van der Waals surface area contributed by atoms with Gasteiger partial charge in [-0.1, -0.05) is 11.6 Å². The Hall–Kier alpha value is -1.11. The van der Waals surface area contributed by atoms with Crippen LogP contribution in [0.5, 0.6) is 5.75 Å². The van der Waals surface area contributed by atoms with Gasteiger partial charge >= 0.3 is 12.8 Å². The normalized spacial score (nSPS) is 12.0. The molecule has 8 heteroatoms. The van der Waals surface area contributed by atoms with Gasteiger partial charge in [-0.25, -0.2) is 4.39 Å². The number of rotatable bonds is 2. The van der Waals surface area contributed by atoms with Crippen LogP contribution in [0.4, 0.5) is 26.3 Å². The highest BCUT2D eigenvalue weighted by Crippen LogP contribution is 2.37. The van der Waals surface area contributed by atoms with Crippen molar-refractivity contribution >= 4 is 11.6 Å². The average molecular weight is 265 g/mol. The van der Waals surface area contributed by atoms with Gasteiger partial charge in [0.2, 0.25) is 0 Å². The molecule has 0 amide bonds. The summed E-state index contributed by atoms with van der Waals surface area (Å²) < 4.78 is 76.6. The molecule has 0 N–H and O–H groups in total. The maximum atomic E-state index is 12.8. The summed E-state index contributed by atoms with van der Waals surface area (Å²) in [5.41, 5.74) is -1.72. The van der Waals surface area contributed by atoms with Gasteiger partial charge in [-0.15, -0.1) is 0 Å². The molecule has 16 heavy (non-hydrogen) atoms. The molecular weight excluding hydrogens is 262 g/mol. The summed E-state index contributed by atoms with van der Waals surface area (Å²) in [6, 6.07) is 0.353. The number of ether oxygens (including phenoxy) is 1. The van der Waals surface area contributed by atoms with E-state index in [9.17, 15) is 26.3 Å². The molecule has 0 radical (unpaired) electrons. The molecule has 1 rings (SSSR count). The molecule has 90 valence electrons. The molecule has 0 unspecified atom stereocenters. The maximum Gasteiger partial charge on any atom is 0.419 e. The molecule has 0 aliphatic rings. The zero-order valence-electron chi connectivity index (χ0n) is 7.29. The first kappa shape index (κ1) is 13.0. The van der Waals surface area contributed by atoms with Crippen molar-refractivity contribution in [1.82, 2.24) is 0 Å². The molecule has 0 heterocycles. The third kappa shape index (κ3) is 2.94. The molecule has 0 atom stereocenters. The van der Waals surface area contributed by atoms with Crippen LogP contribution in [0.1, 0.15) is 5.56 Å². The zero-order chi connectivity index (χ0) is 12.5. The van der Waals surface area contributed by atoms with E-state index in [4.69, 9.17) is 11.6 Å². The summed E-state index contributed by atoms with van der Waals surface area (Å²) in [5, 5.41) is -0.661. The molecule has 1 aromatic rings. The Morgan fingerprint density at radius 2 is 1.75 bits per heavy atom. The van der Waals surface area contributed by atoms with Crippen molar-refractivity contribution in [3.05, 3.63) is 28.5 Å². The minimum absolute atomic E-state index is 0.0871. The van der Waals surface area contributed by atoms with Crippen molar-refractivity contribution in [3.63, 3.8) is 0 Å². The molecule has 0 saturated carbocycles. The van der Waals surface area contributed by atoms with Gasteiger partial charge in [0, 0.05) is 0 Å². The number of hydrogen-bond acceptors (Lipinski definition) is 1. The SMILES string of the molecule is Fc1cc(Cl)c(OC(F)F)cc1C(F)(F)F. The van der Waals surface area contributed by atoms with E-state index in [2.05, 4.69) is 4.74 Å². The third-order valence-corrected chi connectivity index (χ3v) is 1.84. The quantitative estimate of drug-likeness (QED) is 0.731. The Labute approximate surface area is 90.6 Å². The van der Waals surface area contributed by atoms with E-state index >= 15 is 0 Å². The zero-order valence-corrected chi connectivity index (χ0v) is 8.04. The second-order valence-electron chi connectivity index (χ2n) is 2.64. The lowest BCUT2D eigenvalue weighted by Crippen LogP contribution is -2.10. The lowest BCUT2D eigenvalue weighted by molar-refractivity contribution is -0.140. The van der Waals surface area contributed by atoms with Gasteiger partial charge in [-0.05, 0) is 12.1 Å². The fourth-order valence-corrected chi connectivity index (χ4v) is 1.13. The first-order chi connectivity index (χ1) is 7.21. The minimum Gasteiger partial charge on any atom is -0.433 e. The maximum absolute atomic E-state index is 12.8. The van der Waals surface area contributed by atoms with Crippen LogP contribution in [-0.4, -0.2) is 6.61 Å². The topological polar surface area (TPSA) is 9.23 Å². The third-order valence-electron chi connectivity index (χ3n) is 1.54.